The minimum Gasteiger partial charge on any atom is -0.359 e. The molecule has 1 amide bonds. The lowest BCUT2D eigenvalue weighted by Gasteiger charge is -2.32. The van der Waals surface area contributed by atoms with Gasteiger partial charge in [0.05, 0.1) is 17.6 Å². The van der Waals surface area contributed by atoms with Crippen molar-refractivity contribution in [3.05, 3.63) is 59.7 Å². The first-order valence-electron chi connectivity index (χ1n) is 9.63. The number of aryl methyl sites for hydroxylation is 1. The van der Waals surface area contributed by atoms with Gasteiger partial charge in [-0.15, -0.1) is 0 Å². The quantitative estimate of drug-likeness (QED) is 0.774. The fourth-order valence-corrected chi connectivity index (χ4v) is 4.00. The summed E-state index contributed by atoms with van der Waals surface area (Å²) in [5.41, 5.74) is 4.72. The van der Waals surface area contributed by atoms with Gasteiger partial charge in [0.25, 0.3) is 0 Å². The van der Waals surface area contributed by atoms with Crippen molar-refractivity contribution in [3.63, 3.8) is 0 Å². The van der Waals surface area contributed by atoms with Crippen LogP contribution in [0.3, 0.4) is 0 Å². The van der Waals surface area contributed by atoms with E-state index in [-0.39, 0.29) is 11.8 Å². The van der Waals surface area contributed by atoms with Crippen LogP contribution < -0.4 is 10.2 Å². The largest absolute Gasteiger partial charge is 0.359 e. The first kappa shape index (κ1) is 17.6. The Balaban J connectivity index is 1.65. The van der Waals surface area contributed by atoms with Crippen molar-refractivity contribution in [2.45, 2.75) is 26.3 Å². The number of benzene rings is 2. The fraction of sp³-hybridized carbons (Fsp3) is 0.364. The topological polar surface area (TPSA) is 50.2 Å². The molecule has 1 N–H and O–H groups in total. The summed E-state index contributed by atoms with van der Waals surface area (Å²) in [5.74, 6) is 1.27. The van der Waals surface area contributed by atoms with Gasteiger partial charge in [-0.2, -0.15) is 0 Å². The molecule has 0 unspecified atom stereocenters. The van der Waals surface area contributed by atoms with E-state index in [4.69, 9.17) is 4.98 Å². The number of nitrogens with zero attached hydrogens (tertiary/aromatic N) is 3. The molecule has 1 aliphatic heterocycles. The Morgan fingerprint density at radius 1 is 1.15 bits per heavy atom. The highest BCUT2D eigenvalue weighted by atomic mass is 16.1. The molecule has 0 atom stereocenters. The molecule has 1 aromatic heterocycles. The Morgan fingerprint density at radius 2 is 1.93 bits per heavy atom. The van der Waals surface area contributed by atoms with Gasteiger partial charge in [0.2, 0.25) is 11.9 Å². The molecule has 5 heteroatoms. The number of hydrogen-bond donors (Lipinski definition) is 1. The third-order valence-electron chi connectivity index (χ3n) is 5.45. The Morgan fingerprint density at radius 3 is 2.67 bits per heavy atom. The van der Waals surface area contributed by atoms with E-state index in [9.17, 15) is 4.79 Å². The van der Waals surface area contributed by atoms with Gasteiger partial charge in [-0.1, -0.05) is 42.0 Å². The zero-order valence-corrected chi connectivity index (χ0v) is 16.0. The molecule has 0 bridgehead atoms. The molecular weight excluding hydrogens is 336 g/mol. The number of imidazole rings is 1. The number of para-hydroxylation sites is 2. The number of piperidine rings is 1. The molecule has 2 aromatic carbocycles. The standard InChI is InChI=1S/C22H26N4O/c1-16-6-5-7-17(14-16)15-26-20-9-4-3-8-19(20)24-22(26)25-12-10-18(11-13-25)21(27)23-2/h3-9,14,18H,10-13,15H2,1-2H3,(H,23,27). The number of rotatable bonds is 4. The zero-order valence-electron chi connectivity index (χ0n) is 16.0. The lowest BCUT2D eigenvalue weighted by molar-refractivity contribution is -0.125. The number of aromatic nitrogens is 2. The van der Waals surface area contributed by atoms with E-state index in [0.717, 1.165) is 49.5 Å². The van der Waals surface area contributed by atoms with Gasteiger partial charge < -0.3 is 14.8 Å². The van der Waals surface area contributed by atoms with Crippen LogP contribution in [0.2, 0.25) is 0 Å². The average Bonchev–Trinajstić information content (AvgIpc) is 3.06. The van der Waals surface area contributed by atoms with Crippen LogP contribution in [-0.4, -0.2) is 35.6 Å². The van der Waals surface area contributed by atoms with Crippen LogP contribution in [0.5, 0.6) is 0 Å². The predicted octanol–water partition coefficient (Wildman–Crippen LogP) is 3.36. The van der Waals surface area contributed by atoms with Crippen molar-refractivity contribution in [2.75, 3.05) is 25.0 Å². The molecule has 0 saturated carbocycles. The summed E-state index contributed by atoms with van der Waals surface area (Å²) in [4.78, 5) is 19.2. The maximum Gasteiger partial charge on any atom is 0.222 e. The van der Waals surface area contributed by atoms with Gasteiger partial charge in [0, 0.05) is 26.1 Å². The summed E-state index contributed by atoms with van der Waals surface area (Å²) in [7, 11) is 1.72. The van der Waals surface area contributed by atoms with Crippen LogP contribution in [0.25, 0.3) is 11.0 Å². The molecule has 1 fully saturated rings. The van der Waals surface area contributed by atoms with Gasteiger partial charge in [-0.25, -0.2) is 4.98 Å². The molecule has 0 aliphatic carbocycles. The van der Waals surface area contributed by atoms with Crippen LogP contribution in [0.1, 0.15) is 24.0 Å². The summed E-state index contributed by atoms with van der Waals surface area (Å²) in [6.45, 7) is 4.64. The van der Waals surface area contributed by atoms with E-state index in [1.807, 2.05) is 6.07 Å². The number of hydrogen-bond acceptors (Lipinski definition) is 3. The minimum atomic E-state index is 0.112. The molecule has 1 saturated heterocycles. The van der Waals surface area contributed by atoms with Gasteiger partial charge >= 0.3 is 0 Å². The number of carbonyl (C=O) groups excluding carboxylic acids is 1. The van der Waals surface area contributed by atoms with Crippen molar-refractivity contribution in [1.82, 2.24) is 14.9 Å². The van der Waals surface area contributed by atoms with Crippen LogP contribution in [0.4, 0.5) is 5.95 Å². The zero-order chi connectivity index (χ0) is 18.8. The van der Waals surface area contributed by atoms with Gasteiger partial charge in [-0.05, 0) is 37.5 Å². The molecule has 0 spiro atoms. The average molecular weight is 362 g/mol. The third-order valence-corrected chi connectivity index (χ3v) is 5.45. The Hall–Kier alpha value is -2.82. The Kier molecular flexibility index (Phi) is 4.84. The van der Waals surface area contributed by atoms with Crippen LogP contribution in [-0.2, 0) is 11.3 Å². The van der Waals surface area contributed by atoms with E-state index in [1.54, 1.807) is 7.05 Å². The first-order valence-corrected chi connectivity index (χ1v) is 9.63. The first-order chi connectivity index (χ1) is 13.2. The molecule has 0 radical (unpaired) electrons. The number of fused-ring (bicyclic) bond motifs is 1. The van der Waals surface area contributed by atoms with Crippen molar-refractivity contribution >= 4 is 22.9 Å². The van der Waals surface area contributed by atoms with E-state index >= 15 is 0 Å². The number of anilines is 1. The normalized spacial score (nSPS) is 15.3. The second-order valence-corrected chi connectivity index (χ2v) is 7.35. The Bertz CT molecular complexity index is 954. The maximum atomic E-state index is 11.9. The lowest BCUT2D eigenvalue weighted by atomic mass is 9.96. The third kappa shape index (κ3) is 3.54. The van der Waals surface area contributed by atoms with Crippen LogP contribution >= 0.6 is 0 Å². The van der Waals surface area contributed by atoms with Crippen molar-refractivity contribution in [2.24, 2.45) is 5.92 Å². The van der Waals surface area contributed by atoms with Crippen LogP contribution in [0, 0.1) is 12.8 Å². The summed E-state index contributed by atoms with van der Waals surface area (Å²) >= 11 is 0. The summed E-state index contributed by atoms with van der Waals surface area (Å²) < 4.78 is 2.31. The SMILES string of the molecule is CNC(=O)C1CCN(c2nc3ccccc3n2Cc2cccc(C)c2)CC1. The molecule has 2 heterocycles. The summed E-state index contributed by atoms with van der Waals surface area (Å²) in [6, 6.07) is 17.0. The highest BCUT2D eigenvalue weighted by Gasteiger charge is 2.27. The molecule has 27 heavy (non-hydrogen) atoms. The number of carbonyl (C=O) groups is 1. The van der Waals surface area contributed by atoms with Gasteiger partial charge in [-0.3, -0.25) is 4.79 Å². The number of nitrogens with one attached hydrogen (secondary N) is 1. The summed E-state index contributed by atoms with van der Waals surface area (Å²) in [6.07, 6.45) is 1.74. The molecule has 1 aliphatic rings. The summed E-state index contributed by atoms with van der Waals surface area (Å²) in [5, 5.41) is 2.78. The lowest BCUT2D eigenvalue weighted by Crippen LogP contribution is -2.40. The van der Waals surface area contributed by atoms with E-state index in [0.29, 0.717) is 0 Å². The fourth-order valence-electron chi connectivity index (χ4n) is 4.00. The van der Waals surface area contributed by atoms with Crippen molar-refractivity contribution < 1.29 is 4.79 Å². The van der Waals surface area contributed by atoms with Crippen molar-refractivity contribution in [1.29, 1.82) is 0 Å². The maximum absolute atomic E-state index is 11.9. The van der Waals surface area contributed by atoms with E-state index in [1.165, 1.54) is 11.1 Å². The monoisotopic (exact) mass is 362 g/mol. The highest BCUT2D eigenvalue weighted by Crippen LogP contribution is 2.28. The minimum absolute atomic E-state index is 0.112. The highest BCUT2D eigenvalue weighted by molar-refractivity contribution is 5.80. The predicted molar refractivity (Wildman–Crippen MR) is 109 cm³/mol. The van der Waals surface area contributed by atoms with Crippen molar-refractivity contribution in [3.8, 4) is 0 Å². The second-order valence-electron chi connectivity index (χ2n) is 7.35. The van der Waals surface area contributed by atoms with E-state index < -0.39 is 0 Å². The van der Waals surface area contributed by atoms with Crippen LogP contribution in [0.15, 0.2) is 48.5 Å². The molecule has 3 aromatic rings. The number of amides is 1. The second kappa shape index (κ2) is 7.43. The molecule has 140 valence electrons. The van der Waals surface area contributed by atoms with Gasteiger partial charge in [0.15, 0.2) is 0 Å². The molecule has 4 rings (SSSR count). The Labute approximate surface area is 160 Å². The smallest absolute Gasteiger partial charge is 0.222 e. The van der Waals surface area contributed by atoms with E-state index in [2.05, 4.69) is 64.2 Å². The molecule has 5 nitrogen and oxygen atoms in total. The molecular formula is C22H26N4O. The van der Waals surface area contributed by atoms with Gasteiger partial charge in [0.1, 0.15) is 0 Å².